The number of aromatic nitrogens is 1. The van der Waals surface area contributed by atoms with E-state index < -0.39 is 0 Å². The molecule has 1 aromatic heterocycles. The number of carbonyl (C=O) groups is 1. The summed E-state index contributed by atoms with van der Waals surface area (Å²) in [6, 6.07) is 0. The third kappa shape index (κ3) is 2.60. The van der Waals surface area contributed by atoms with Crippen molar-refractivity contribution in [2.24, 2.45) is 0 Å². The van der Waals surface area contributed by atoms with E-state index in [1.807, 2.05) is 0 Å². The number of carbonyl (C=O) groups excluding carboxylic acids is 1. The van der Waals surface area contributed by atoms with E-state index in [1.165, 1.54) is 18.3 Å². The molecule has 0 aliphatic rings. The number of hydrogen-bond donors (Lipinski definition) is 2. The van der Waals surface area contributed by atoms with Crippen molar-refractivity contribution in [2.75, 3.05) is 11.9 Å². The molecule has 0 atom stereocenters. The number of hydrogen-bond acceptors (Lipinski definition) is 4. The highest BCUT2D eigenvalue weighted by molar-refractivity contribution is 7.15. The van der Waals surface area contributed by atoms with Gasteiger partial charge in [-0.05, 0) is 0 Å². The van der Waals surface area contributed by atoms with Gasteiger partial charge in [-0.3, -0.25) is 4.79 Å². The molecule has 4 nitrogen and oxygen atoms in total. The van der Waals surface area contributed by atoms with Crippen LogP contribution in [-0.2, 0) is 11.2 Å². The van der Waals surface area contributed by atoms with Gasteiger partial charge in [0.15, 0.2) is 5.13 Å². The SMILES string of the molecule is CC(=O)Nc1ncc(CCO)s1. The first-order valence-corrected chi connectivity index (χ1v) is 4.37. The third-order valence-electron chi connectivity index (χ3n) is 1.19. The molecule has 0 bridgehead atoms. The van der Waals surface area contributed by atoms with E-state index >= 15 is 0 Å². The van der Waals surface area contributed by atoms with Crippen LogP contribution >= 0.6 is 11.3 Å². The highest BCUT2D eigenvalue weighted by Gasteiger charge is 2.01. The number of anilines is 1. The molecule has 0 aliphatic carbocycles. The van der Waals surface area contributed by atoms with Crippen molar-refractivity contribution in [1.29, 1.82) is 0 Å². The minimum absolute atomic E-state index is 0.113. The summed E-state index contributed by atoms with van der Waals surface area (Å²) in [5, 5.41) is 11.8. The quantitative estimate of drug-likeness (QED) is 0.728. The maximum Gasteiger partial charge on any atom is 0.223 e. The Morgan fingerprint density at radius 2 is 2.58 bits per heavy atom. The Kier molecular flexibility index (Phi) is 3.19. The lowest BCUT2D eigenvalue weighted by molar-refractivity contribution is -0.114. The van der Waals surface area contributed by atoms with E-state index in [0.717, 1.165) is 4.88 Å². The summed E-state index contributed by atoms with van der Waals surface area (Å²) >= 11 is 1.38. The lowest BCUT2D eigenvalue weighted by Gasteiger charge is -1.92. The molecule has 0 radical (unpaired) electrons. The first kappa shape index (κ1) is 9.15. The van der Waals surface area contributed by atoms with Crippen molar-refractivity contribution in [3.8, 4) is 0 Å². The van der Waals surface area contributed by atoms with E-state index in [9.17, 15) is 4.79 Å². The molecule has 0 spiro atoms. The first-order valence-electron chi connectivity index (χ1n) is 3.55. The molecule has 1 aromatic rings. The van der Waals surface area contributed by atoms with Gasteiger partial charge in [0.1, 0.15) is 0 Å². The third-order valence-corrected chi connectivity index (χ3v) is 2.17. The second-order valence-electron chi connectivity index (χ2n) is 2.29. The summed E-state index contributed by atoms with van der Waals surface area (Å²) in [5.41, 5.74) is 0. The largest absolute Gasteiger partial charge is 0.396 e. The monoisotopic (exact) mass is 186 g/mol. The zero-order valence-electron chi connectivity index (χ0n) is 6.70. The molecule has 1 rings (SSSR count). The van der Waals surface area contributed by atoms with Crippen LogP contribution in [0.2, 0.25) is 0 Å². The van der Waals surface area contributed by atoms with Gasteiger partial charge >= 0.3 is 0 Å². The number of nitrogens with zero attached hydrogens (tertiary/aromatic N) is 1. The molecule has 0 saturated carbocycles. The molecular weight excluding hydrogens is 176 g/mol. The topological polar surface area (TPSA) is 62.2 Å². The molecule has 12 heavy (non-hydrogen) atoms. The van der Waals surface area contributed by atoms with E-state index in [1.54, 1.807) is 6.20 Å². The molecule has 5 heteroatoms. The van der Waals surface area contributed by atoms with E-state index in [-0.39, 0.29) is 12.5 Å². The normalized spacial score (nSPS) is 9.83. The maximum absolute atomic E-state index is 10.6. The van der Waals surface area contributed by atoms with Gasteiger partial charge < -0.3 is 10.4 Å². The molecule has 0 aliphatic heterocycles. The zero-order valence-corrected chi connectivity index (χ0v) is 7.52. The summed E-state index contributed by atoms with van der Waals surface area (Å²) in [5.74, 6) is -0.125. The number of aliphatic hydroxyl groups is 1. The fourth-order valence-corrected chi connectivity index (χ4v) is 1.59. The van der Waals surface area contributed by atoms with Crippen molar-refractivity contribution in [1.82, 2.24) is 4.98 Å². The standard InChI is InChI=1S/C7H10N2O2S/c1-5(11)9-7-8-4-6(12-7)2-3-10/h4,10H,2-3H2,1H3,(H,8,9,11). The van der Waals surface area contributed by atoms with Crippen LogP contribution in [0, 0.1) is 0 Å². The lowest BCUT2D eigenvalue weighted by atomic mass is 10.4. The smallest absolute Gasteiger partial charge is 0.223 e. The Morgan fingerprint density at radius 3 is 3.17 bits per heavy atom. The van der Waals surface area contributed by atoms with Crippen LogP contribution in [-0.4, -0.2) is 22.6 Å². The van der Waals surface area contributed by atoms with Gasteiger partial charge in [0.25, 0.3) is 0 Å². The van der Waals surface area contributed by atoms with Crippen molar-refractivity contribution in [3.05, 3.63) is 11.1 Å². The highest BCUT2D eigenvalue weighted by atomic mass is 32.1. The van der Waals surface area contributed by atoms with Crippen molar-refractivity contribution < 1.29 is 9.90 Å². The van der Waals surface area contributed by atoms with E-state index in [2.05, 4.69) is 10.3 Å². The van der Waals surface area contributed by atoms with Gasteiger partial charge in [-0.25, -0.2) is 4.98 Å². The first-order chi connectivity index (χ1) is 5.72. The van der Waals surface area contributed by atoms with Crippen LogP contribution in [0.1, 0.15) is 11.8 Å². The van der Waals surface area contributed by atoms with Crippen LogP contribution in [0.15, 0.2) is 6.20 Å². The molecular formula is C7H10N2O2S. The predicted molar refractivity (Wildman–Crippen MR) is 47.2 cm³/mol. The number of amides is 1. The molecule has 0 aromatic carbocycles. The average Bonchev–Trinajstić information content (AvgIpc) is 2.36. The molecule has 2 N–H and O–H groups in total. The molecule has 0 fully saturated rings. The maximum atomic E-state index is 10.6. The average molecular weight is 186 g/mol. The minimum Gasteiger partial charge on any atom is -0.396 e. The lowest BCUT2D eigenvalue weighted by Crippen LogP contribution is -2.04. The fraction of sp³-hybridized carbons (Fsp3) is 0.429. The summed E-state index contributed by atoms with van der Waals surface area (Å²) < 4.78 is 0. The number of nitrogens with one attached hydrogen (secondary N) is 1. The van der Waals surface area contributed by atoms with Crippen LogP contribution in [0.3, 0.4) is 0 Å². The van der Waals surface area contributed by atoms with Crippen molar-refractivity contribution in [3.63, 3.8) is 0 Å². The molecule has 0 unspecified atom stereocenters. The van der Waals surface area contributed by atoms with Crippen LogP contribution in [0.4, 0.5) is 5.13 Å². The van der Waals surface area contributed by atoms with E-state index in [0.29, 0.717) is 11.6 Å². The van der Waals surface area contributed by atoms with Crippen LogP contribution in [0.25, 0.3) is 0 Å². The highest BCUT2D eigenvalue weighted by Crippen LogP contribution is 2.17. The second-order valence-corrected chi connectivity index (χ2v) is 3.40. The van der Waals surface area contributed by atoms with Gasteiger partial charge in [-0.1, -0.05) is 0 Å². The van der Waals surface area contributed by atoms with Gasteiger partial charge in [-0.15, -0.1) is 11.3 Å². The fourth-order valence-electron chi connectivity index (χ4n) is 0.742. The Morgan fingerprint density at radius 1 is 1.83 bits per heavy atom. The number of rotatable bonds is 3. The van der Waals surface area contributed by atoms with E-state index in [4.69, 9.17) is 5.11 Å². The summed E-state index contributed by atoms with van der Waals surface area (Å²) in [6.07, 6.45) is 2.25. The van der Waals surface area contributed by atoms with Crippen molar-refractivity contribution in [2.45, 2.75) is 13.3 Å². The Balaban J connectivity index is 2.58. The Hall–Kier alpha value is -0.940. The van der Waals surface area contributed by atoms with Crippen LogP contribution in [0.5, 0.6) is 0 Å². The van der Waals surface area contributed by atoms with Gasteiger partial charge in [0, 0.05) is 31.0 Å². The molecule has 0 saturated heterocycles. The summed E-state index contributed by atoms with van der Waals surface area (Å²) in [6.45, 7) is 1.55. The summed E-state index contributed by atoms with van der Waals surface area (Å²) in [4.78, 5) is 15.5. The minimum atomic E-state index is -0.125. The molecule has 66 valence electrons. The van der Waals surface area contributed by atoms with Gasteiger partial charge in [0.05, 0.1) is 0 Å². The second kappa shape index (κ2) is 4.18. The Labute approximate surface area is 74.3 Å². The number of thiazole rings is 1. The summed E-state index contributed by atoms with van der Waals surface area (Å²) in [7, 11) is 0. The van der Waals surface area contributed by atoms with Crippen molar-refractivity contribution >= 4 is 22.4 Å². The Bertz CT molecular complexity index is 272. The van der Waals surface area contributed by atoms with Crippen LogP contribution < -0.4 is 5.32 Å². The number of aliphatic hydroxyl groups excluding tert-OH is 1. The van der Waals surface area contributed by atoms with Gasteiger partial charge in [0.2, 0.25) is 5.91 Å². The predicted octanol–water partition coefficient (Wildman–Crippen LogP) is 0.636. The van der Waals surface area contributed by atoms with Gasteiger partial charge in [-0.2, -0.15) is 0 Å². The molecule has 1 heterocycles. The zero-order chi connectivity index (χ0) is 8.97. The molecule has 1 amide bonds.